The molecule has 0 bridgehead atoms. The summed E-state index contributed by atoms with van der Waals surface area (Å²) < 4.78 is 19.3. The van der Waals surface area contributed by atoms with Gasteiger partial charge in [0.2, 0.25) is 0 Å². The van der Waals surface area contributed by atoms with E-state index in [4.69, 9.17) is 10.5 Å². The summed E-state index contributed by atoms with van der Waals surface area (Å²) >= 11 is 4.86. The lowest BCUT2D eigenvalue weighted by Crippen LogP contribution is -2.17. The highest BCUT2D eigenvalue weighted by Gasteiger charge is 2.14. The van der Waals surface area contributed by atoms with E-state index in [0.29, 0.717) is 16.8 Å². The second-order valence-corrected chi connectivity index (χ2v) is 5.27. The minimum Gasteiger partial charge on any atom is -0.482 e. The molecule has 0 spiro atoms. The van der Waals surface area contributed by atoms with Gasteiger partial charge in [0, 0.05) is 11.4 Å². The van der Waals surface area contributed by atoms with Crippen LogP contribution in [0.5, 0.6) is 5.75 Å². The molecule has 2 rings (SSSR count). The number of nitrogens with two attached hydrogens (primary N) is 1. The molecule has 17 heavy (non-hydrogen) atoms. The fourth-order valence-electron chi connectivity index (χ4n) is 1.42. The van der Waals surface area contributed by atoms with Crippen LogP contribution in [0.3, 0.4) is 0 Å². The lowest BCUT2D eigenvalue weighted by molar-refractivity contribution is 0.216. The van der Waals surface area contributed by atoms with Gasteiger partial charge in [-0.1, -0.05) is 6.07 Å². The number of ether oxygens (including phenoxy) is 1. The molecule has 2 aromatic rings. The van der Waals surface area contributed by atoms with Gasteiger partial charge in [0.25, 0.3) is 0 Å². The van der Waals surface area contributed by atoms with Crippen LogP contribution in [-0.4, -0.2) is 6.54 Å². The zero-order valence-electron chi connectivity index (χ0n) is 8.90. The van der Waals surface area contributed by atoms with Crippen molar-refractivity contribution in [2.45, 2.75) is 6.10 Å². The average Bonchev–Trinajstić information content (AvgIpc) is 2.81. The average molecular weight is 316 g/mol. The van der Waals surface area contributed by atoms with Gasteiger partial charge < -0.3 is 10.5 Å². The van der Waals surface area contributed by atoms with E-state index in [1.165, 1.54) is 12.1 Å². The van der Waals surface area contributed by atoms with Crippen molar-refractivity contribution in [1.29, 1.82) is 0 Å². The summed E-state index contributed by atoms with van der Waals surface area (Å²) in [7, 11) is 0. The Hall–Kier alpha value is -0.910. The van der Waals surface area contributed by atoms with Crippen molar-refractivity contribution in [1.82, 2.24) is 0 Å². The van der Waals surface area contributed by atoms with E-state index in [-0.39, 0.29) is 11.9 Å². The minimum absolute atomic E-state index is 0.197. The summed E-state index contributed by atoms with van der Waals surface area (Å²) in [6.07, 6.45) is -0.197. The number of rotatable bonds is 4. The van der Waals surface area contributed by atoms with Crippen molar-refractivity contribution in [3.63, 3.8) is 0 Å². The third kappa shape index (κ3) is 3.06. The Morgan fingerprint density at radius 1 is 1.41 bits per heavy atom. The van der Waals surface area contributed by atoms with Crippen molar-refractivity contribution in [3.8, 4) is 5.75 Å². The molecule has 0 aliphatic carbocycles. The molecule has 90 valence electrons. The molecular formula is C12H11BrFNOS. The van der Waals surface area contributed by atoms with Gasteiger partial charge in [0.1, 0.15) is 17.7 Å². The quantitative estimate of drug-likeness (QED) is 0.933. The van der Waals surface area contributed by atoms with E-state index in [1.807, 2.05) is 17.5 Å². The Morgan fingerprint density at radius 2 is 2.24 bits per heavy atom. The largest absolute Gasteiger partial charge is 0.482 e. The number of halogens is 2. The van der Waals surface area contributed by atoms with Crippen LogP contribution < -0.4 is 10.5 Å². The highest BCUT2D eigenvalue weighted by molar-refractivity contribution is 9.10. The monoisotopic (exact) mass is 315 g/mol. The van der Waals surface area contributed by atoms with Gasteiger partial charge in [-0.2, -0.15) is 0 Å². The van der Waals surface area contributed by atoms with E-state index < -0.39 is 0 Å². The summed E-state index contributed by atoms with van der Waals surface area (Å²) in [5.74, 6) is 0.292. The molecule has 0 fully saturated rings. The third-order valence-corrected chi connectivity index (χ3v) is 3.82. The van der Waals surface area contributed by atoms with Crippen LogP contribution in [0.4, 0.5) is 4.39 Å². The molecule has 5 heteroatoms. The van der Waals surface area contributed by atoms with E-state index in [9.17, 15) is 4.39 Å². The van der Waals surface area contributed by atoms with E-state index in [1.54, 1.807) is 17.4 Å². The second-order valence-electron chi connectivity index (χ2n) is 3.43. The van der Waals surface area contributed by atoms with Gasteiger partial charge in [-0.3, -0.25) is 0 Å². The first-order chi connectivity index (χ1) is 8.20. The molecular weight excluding hydrogens is 305 g/mol. The van der Waals surface area contributed by atoms with E-state index in [0.717, 1.165) is 4.88 Å². The van der Waals surface area contributed by atoms with Crippen LogP contribution in [0.1, 0.15) is 11.0 Å². The zero-order valence-corrected chi connectivity index (χ0v) is 11.3. The van der Waals surface area contributed by atoms with Crippen LogP contribution in [-0.2, 0) is 0 Å². The predicted octanol–water partition coefficient (Wildman–Crippen LogP) is 3.73. The molecule has 0 saturated carbocycles. The first-order valence-corrected chi connectivity index (χ1v) is 6.73. The van der Waals surface area contributed by atoms with Crippen LogP contribution in [0, 0.1) is 5.82 Å². The highest BCUT2D eigenvalue weighted by atomic mass is 79.9. The van der Waals surface area contributed by atoms with Crippen LogP contribution in [0.15, 0.2) is 40.2 Å². The molecule has 0 radical (unpaired) electrons. The number of hydrogen-bond donors (Lipinski definition) is 1. The molecule has 1 aromatic carbocycles. The predicted molar refractivity (Wildman–Crippen MR) is 70.8 cm³/mol. The van der Waals surface area contributed by atoms with E-state index in [2.05, 4.69) is 15.9 Å². The number of hydrogen-bond acceptors (Lipinski definition) is 3. The topological polar surface area (TPSA) is 35.2 Å². The van der Waals surface area contributed by atoms with Crippen LogP contribution in [0.25, 0.3) is 0 Å². The molecule has 0 saturated heterocycles. The van der Waals surface area contributed by atoms with Gasteiger partial charge in [-0.05, 0) is 45.6 Å². The summed E-state index contributed by atoms with van der Waals surface area (Å²) in [6.45, 7) is 0.379. The summed E-state index contributed by atoms with van der Waals surface area (Å²) in [4.78, 5) is 1.06. The van der Waals surface area contributed by atoms with Gasteiger partial charge in [0.05, 0.1) is 4.47 Å². The Balaban J connectivity index is 2.19. The number of thiophene rings is 1. The Morgan fingerprint density at radius 3 is 2.82 bits per heavy atom. The Kier molecular flexibility index (Phi) is 4.15. The van der Waals surface area contributed by atoms with Gasteiger partial charge in [-0.15, -0.1) is 11.3 Å². The fourth-order valence-corrected chi connectivity index (χ4v) is 2.63. The first-order valence-electron chi connectivity index (χ1n) is 5.06. The normalized spacial score (nSPS) is 12.4. The smallest absolute Gasteiger partial charge is 0.145 e. The standard InChI is InChI=1S/C12H11BrFNOS/c13-9-6-8(14)3-4-10(9)16-11(7-15)12-2-1-5-17-12/h1-6,11H,7,15H2. The third-order valence-electron chi connectivity index (χ3n) is 2.24. The van der Waals surface area contributed by atoms with E-state index >= 15 is 0 Å². The van der Waals surface area contributed by atoms with Crippen LogP contribution in [0.2, 0.25) is 0 Å². The highest BCUT2D eigenvalue weighted by Crippen LogP contribution is 2.30. The molecule has 0 aliphatic rings. The van der Waals surface area contributed by atoms with Crippen LogP contribution >= 0.6 is 27.3 Å². The summed E-state index contributed by atoms with van der Waals surface area (Å²) in [5, 5.41) is 1.97. The van der Waals surface area contributed by atoms with Gasteiger partial charge in [-0.25, -0.2) is 4.39 Å². The Bertz CT molecular complexity index is 489. The molecule has 1 unspecified atom stereocenters. The lowest BCUT2D eigenvalue weighted by Gasteiger charge is -2.17. The maximum atomic E-state index is 12.9. The first kappa shape index (κ1) is 12.5. The molecule has 1 heterocycles. The van der Waals surface area contributed by atoms with Crippen molar-refractivity contribution < 1.29 is 9.13 Å². The fraction of sp³-hybridized carbons (Fsp3) is 0.167. The molecule has 0 amide bonds. The summed E-state index contributed by atoms with van der Waals surface area (Å²) in [6, 6.07) is 8.25. The van der Waals surface area contributed by atoms with Crippen molar-refractivity contribution in [2.75, 3.05) is 6.54 Å². The van der Waals surface area contributed by atoms with Gasteiger partial charge >= 0.3 is 0 Å². The lowest BCUT2D eigenvalue weighted by atomic mass is 10.3. The molecule has 2 nitrogen and oxygen atoms in total. The number of benzene rings is 1. The molecule has 2 N–H and O–H groups in total. The molecule has 0 aliphatic heterocycles. The zero-order chi connectivity index (χ0) is 12.3. The minimum atomic E-state index is -0.301. The molecule has 1 aromatic heterocycles. The summed E-state index contributed by atoms with van der Waals surface area (Å²) in [5.41, 5.74) is 5.68. The Labute approximate surface area is 111 Å². The molecule has 1 atom stereocenters. The van der Waals surface area contributed by atoms with Crippen molar-refractivity contribution >= 4 is 27.3 Å². The van der Waals surface area contributed by atoms with Gasteiger partial charge in [0.15, 0.2) is 0 Å². The second kappa shape index (κ2) is 5.62. The maximum absolute atomic E-state index is 12.9. The maximum Gasteiger partial charge on any atom is 0.145 e. The van der Waals surface area contributed by atoms with Crippen molar-refractivity contribution in [3.05, 3.63) is 50.9 Å². The van der Waals surface area contributed by atoms with Crippen molar-refractivity contribution in [2.24, 2.45) is 5.73 Å². The SMILES string of the molecule is NCC(Oc1ccc(F)cc1Br)c1cccs1.